The highest BCUT2D eigenvalue weighted by Crippen LogP contribution is 2.20. The van der Waals surface area contributed by atoms with Crippen LogP contribution in [0.5, 0.6) is 0 Å². The van der Waals surface area contributed by atoms with Gasteiger partial charge in [-0.05, 0) is 42.3 Å². The Hall–Kier alpha value is -2.88. The van der Waals surface area contributed by atoms with E-state index >= 15 is 0 Å². The minimum Gasteiger partial charge on any atom is -0.366 e. The van der Waals surface area contributed by atoms with E-state index in [4.69, 9.17) is 0 Å². The van der Waals surface area contributed by atoms with Crippen molar-refractivity contribution < 1.29 is 4.79 Å². The molecule has 0 radical (unpaired) electrons. The molecule has 1 heterocycles. The molecule has 1 amide bonds. The van der Waals surface area contributed by atoms with Gasteiger partial charge in [-0.15, -0.1) is 0 Å². The Morgan fingerprint density at radius 1 is 1.08 bits per heavy atom. The normalized spacial score (nSPS) is 10.6. The SMILES string of the molecule is Cc1cc(NCc2ccc(C(=O)N(C)C)cc2)nc2ccccc12. The summed E-state index contributed by atoms with van der Waals surface area (Å²) in [5.74, 6) is 0.876. The van der Waals surface area contributed by atoms with Crippen molar-refractivity contribution in [3.05, 3.63) is 71.3 Å². The van der Waals surface area contributed by atoms with Gasteiger partial charge in [0, 0.05) is 31.6 Å². The number of benzene rings is 2. The number of rotatable bonds is 4. The minimum atomic E-state index is 0.0151. The third kappa shape index (κ3) is 3.38. The highest BCUT2D eigenvalue weighted by atomic mass is 16.2. The molecule has 4 nitrogen and oxygen atoms in total. The largest absolute Gasteiger partial charge is 0.366 e. The molecule has 0 spiro atoms. The molecule has 0 aliphatic heterocycles. The molecule has 0 saturated heterocycles. The van der Waals surface area contributed by atoms with Crippen molar-refractivity contribution >= 4 is 22.6 Å². The zero-order valence-corrected chi connectivity index (χ0v) is 14.2. The average molecular weight is 319 g/mol. The molecule has 0 aliphatic carbocycles. The summed E-state index contributed by atoms with van der Waals surface area (Å²) in [6.07, 6.45) is 0. The number of carbonyl (C=O) groups is 1. The maximum Gasteiger partial charge on any atom is 0.253 e. The third-order valence-corrected chi connectivity index (χ3v) is 4.00. The lowest BCUT2D eigenvalue weighted by Crippen LogP contribution is -2.21. The van der Waals surface area contributed by atoms with Crippen molar-refractivity contribution in [2.45, 2.75) is 13.5 Å². The predicted molar refractivity (Wildman–Crippen MR) is 98.3 cm³/mol. The molecular weight excluding hydrogens is 298 g/mol. The fourth-order valence-corrected chi connectivity index (χ4v) is 2.66. The van der Waals surface area contributed by atoms with Gasteiger partial charge in [0.05, 0.1) is 5.52 Å². The van der Waals surface area contributed by atoms with Crippen LogP contribution in [0.1, 0.15) is 21.5 Å². The van der Waals surface area contributed by atoms with Crippen molar-refractivity contribution in [2.75, 3.05) is 19.4 Å². The topological polar surface area (TPSA) is 45.2 Å². The van der Waals surface area contributed by atoms with Crippen molar-refractivity contribution in [1.82, 2.24) is 9.88 Å². The van der Waals surface area contributed by atoms with E-state index in [1.165, 1.54) is 10.9 Å². The van der Waals surface area contributed by atoms with E-state index in [0.29, 0.717) is 12.1 Å². The van der Waals surface area contributed by atoms with Crippen molar-refractivity contribution in [2.24, 2.45) is 0 Å². The number of nitrogens with one attached hydrogen (secondary N) is 1. The van der Waals surface area contributed by atoms with Gasteiger partial charge in [0.15, 0.2) is 0 Å². The molecule has 3 aromatic rings. The van der Waals surface area contributed by atoms with Crippen molar-refractivity contribution in [3.63, 3.8) is 0 Å². The Bertz CT molecular complexity index is 870. The van der Waals surface area contributed by atoms with Crippen LogP contribution in [0.25, 0.3) is 10.9 Å². The Labute approximate surface area is 142 Å². The quantitative estimate of drug-likeness (QED) is 0.794. The van der Waals surface area contributed by atoms with Crippen LogP contribution in [0.4, 0.5) is 5.82 Å². The first kappa shape index (κ1) is 16.0. The second-order valence-electron chi connectivity index (χ2n) is 6.09. The van der Waals surface area contributed by atoms with Gasteiger partial charge >= 0.3 is 0 Å². The van der Waals surface area contributed by atoms with E-state index in [1.807, 2.05) is 42.5 Å². The number of aryl methyl sites for hydroxylation is 1. The monoisotopic (exact) mass is 319 g/mol. The molecule has 4 heteroatoms. The summed E-state index contributed by atoms with van der Waals surface area (Å²) in [5.41, 5.74) is 4.00. The van der Waals surface area contributed by atoms with Gasteiger partial charge in [0.25, 0.3) is 5.91 Å². The van der Waals surface area contributed by atoms with Gasteiger partial charge in [0.1, 0.15) is 5.82 Å². The number of amides is 1. The van der Waals surface area contributed by atoms with Gasteiger partial charge < -0.3 is 10.2 Å². The first-order valence-corrected chi connectivity index (χ1v) is 7.95. The lowest BCUT2D eigenvalue weighted by Gasteiger charge is -2.11. The standard InChI is InChI=1S/C20H21N3O/c1-14-12-19(22-18-7-5-4-6-17(14)18)21-13-15-8-10-16(11-9-15)20(24)23(2)3/h4-12H,13H2,1-3H3,(H,21,22). The summed E-state index contributed by atoms with van der Waals surface area (Å²) in [6.45, 7) is 2.76. The fourth-order valence-electron chi connectivity index (χ4n) is 2.66. The number of pyridine rings is 1. The van der Waals surface area contributed by atoms with Crippen LogP contribution < -0.4 is 5.32 Å². The van der Waals surface area contributed by atoms with E-state index in [-0.39, 0.29) is 5.91 Å². The molecule has 0 fully saturated rings. The molecule has 3 rings (SSSR count). The van der Waals surface area contributed by atoms with Crippen LogP contribution in [0, 0.1) is 6.92 Å². The molecule has 1 aromatic heterocycles. The number of fused-ring (bicyclic) bond motifs is 1. The van der Waals surface area contributed by atoms with Crippen LogP contribution in [-0.4, -0.2) is 29.9 Å². The molecular formula is C20H21N3O. The first-order chi connectivity index (χ1) is 11.5. The van der Waals surface area contributed by atoms with Crippen LogP contribution in [0.3, 0.4) is 0 Å². The molecule has 1 N–H and O–H groups in total. The number of hydrogen-bond donors (Lipinski definition) is 1. The Balaban J connectivity index is 1.73. The molecule has 122 valence electrons. The summed E-state index contributed by atoms with van der Waals surface area (Å²) in [7, 11) is 3.51. The highest BCUT2D eigenvalue weighted by Gasteiger charge is 2.07. The van der Waals surface area contributed by atoms with Crippen LogP contribution in [0.2, 0.25) is 0 Å². The molecule has 0 atom stereocenters. The zero-order chi connectivity index (χ0) is 17.1. The van der Waals surface area contributed by atoms with Crippen LogP contribution in [-0.2, 0) is 6.54 Å². The summed E-state index contributed by atoms with van der Waals surface area (Å²) in [6, 6.07) is 17.9. The number of aromatic nitrogens is 1. The number of carbonyl (C=O) groups excluding carboxylic acids is 1. The smallest absolute Gasteiger partial charge is 0.253 e. The number of nitrogens with zero attached hydrogens (tertiary/aromatic N) is 2. The van der Waals surface area contributed by atoms with Crippen molar-refractivity contribution in [1.29, 1.82) is 0 Å². The fraction of sp³-hybridized carbons (Fsp3) is 0.200. The lowest BCUT2D eigenvalue weighted by molar-refractivity contribution is 0.0827. The van der Waals surface area contributed by atoms with Gasteiger partial charge in [-0.1, -0.05) is 30.3 Å². The number of para-hydroxylation sites is 1. The van der Waals surface area contributed by atoms with Crippen molar-refractivity contribution in [3.8, 4) is 0 Å². The molecule has 0 unspecified atom stereocenters. The summed E-state index contributed by atoms with van der Waals surface area (Å²) < 4.78 is 0. The van der Waals surface area contributed by atoms with Gasteiger partial charge in [-0.2, -0.15) is 0 Å². The highest BCUT2D eigenvalue weighted by molar-refractivity contribution is 5.93. The molecule has 0 aliphatic rings. The minimum absolute atomic E-state index is 0.0151. The average Bonchev–Trinajstić information content (AvgIpc) is 2.60. The molecule has 24 heavy (non-hydrogen) atoms. The summed E-state index contributed by atoms with van der Waals surface area (Å²) in [5, 5.41) is 4.53. The Kier molecular flexibility index (Phi) is 4.47. The second kappa shape index (κ2) is 6.71. The van der Waals surface area contributed by atoms with E-state index < -0.39 is 0 Å². The van der Waals surface area contributed by atoms with E-state index in [9.17, 15) is 4.79 Å². The maximum absolute atomic E-state index is 11.9. The van der Waals surface area contributed by atoms with Gasteiger partial charge in [-0.3, -0.25) is 4.79 Å². The summed E-state index contributed by atoms with van der Waals surface area (Å²) >= 11 is 0. The van der Waals surface area contributed by atoms with E-state index in [1.54, 1.807) is 19.0 Å². The first-order valence-electron chi connectivity index (χ1n) is 7.95. The third-order valence-electron chi connectivity index (χ3n) is 4.00. The van der Waals surface area contributed by atoms with Gasteiger partial charge in [-0.25, -0.2) is 4.98 Å². The number of hydrogen-bond acceptors (Lipinski definition) is 3. The Morgan fingerprint density at radius 3 is 2.50 bits per heavy atom. The number of anilines is 1. The maximum atomic E-state index is 11.9. The lowest BCUT2D eigenvalue weighted by atomic mass is 10.1. The van der Waals surface area contributed by atoms with Crippen LogP contribution >= 0.6 is 0 Å². The second-order valence-corrected chi connectivity index (χ2v) is 6.09. The zero-order valence-electron chi connectivity index (χ0n) is 14.2. The molecule has 0 saturated carbocycles. The molecule has 0 bridgehead atoms. The Morgan fingerprint density at radius 2 is 1.79 bits per heavy atom. The predicted octanol–water partition coefficient (Wildman–Crippen LogP) is 3.86. The van der Waals surface area contributed by atoms with E-state index in [2.05, 4.69) is 29.4 Å². The van der Waals surface area contributed by atoms with Crippen LogP contribution in [0.15, 0.2) is 54.6 Å². The van der Waals surface area contributed by atoms with Gasteiger partial charge in [0.2, 0.25) is 0 Å². The molecule has 2 aromatic carbocycles. The van der Waals surface area contributed by atoms with E-state index in [0.717, 1.165) is 16.9 Å². The summed E-state index contributed by atoms with van der Waals surface area (Å²) in [4.78, 5) is 18.1.